The van der Waals surface area contributed by atoms with Gasteiger partial charge < -0.3 is 4.74 Å². The second-order valence-corrected chi connectivity index (χ2v) is 8.94. The average molecular weight is 315 g/mol. The van der Waals surface area contributed by atoms with Gasteiger partial charge in [0.25, 0.3) is 0 Å². The van der Waals surface area contributed by atoms with Crippen LogP contribution >= 0.6 is 10.8 Å². The van der Waals surface area contributed by atoms with E-state index in [0.29, 0.717) is 10.6 Å². The summed E-state index contributed by atoms with van der Waals surface area (Å²) in [4.78, 5) is 2.72. The van der Waals surface area contributed by atoms with Crippen molar-refractivity contribution >= 4 is 19.7 Å². The Morgan fingerprint density at radius 2 is 1.85 bits per heavy atom. The van der Waals surface area contributed by atoms with Crippen molar-refractivity contribution < 1.29 is 13.2 Å². The van der Waals surface area contributed by atoms with Gasteiger partial charge in [0.2, 0.25) is 8.87 Å². The monoisotopic (exact) mass is 315 g/mol. The summed E-state index contributed by atoms with van der Waals surface area (Å²) in [6.07, 6.45) is 0.885. The van der Waals surface area contributed by atoms with Gasteiger partial charge in [-0.05, 0) is 42.8 Å². The highest BCUT2D eigenvalue weighted by molar-refractivity contribution is 8.72. The Bertz CT molecular complexity index is 508. The molecular weight excluding hydrogens is 294 g/mol. The predicted molar refractivity (Wildman–Crippen MR) is 82.7 cm³/mol. The van der Waals surface area contributed by atoms with Gasteiger partial charge in [-0.3, -0.25) is 4.90 Å². The standard InChI is InChI=1S/C14H21NO3S2/c1-13-3-5-14(6-4-13)20(16,17)19-12-2-7-15-8-10-18-11-9-15/h3-6H,2,7-12H2,1H3. The smallest absolute Gasteiger partial charge is 0.229 e. The number of morpholine rings is 1. The van der Waals surface area contributed by atoms with E-state index in [4.69, 9.17) is 4.74 Å². The molecule has 0 aromatic heterocycles. The first-order valence-electron chi connectivity index (χ1n) is 6.84. The van der Waals surface area contributed by atoms with Crippen LogP contribution in [0.3, 0.4) is 0 Å². The highest BCUT2D eigenvalue weighted by Crippen LogP contribution is 2.24. The molecule has 1 aromatic carbocycles. The second-order valence-electron chi connectivity index (χ2n) is 4.90. The van der Waals surface area contributed by atoms with Crippen LogP contribution in [0, 0.1) is 6.92 Å². The Morgan fingerprint density at radius 3 is 2.50 bits per heavy atom. The Hall–Kier alpha value is -0.560. The number of rotatable bonds is 6. The third kappa shape index (κ3) is 4.77. The Morgan fingerprint density at radius 1 is 1.20 bits per heavy atom. The average Bonchev–Trinajstić information content (AvgIpc) is 2.45. The van der Waals surface area contributed by atoms with Gasteiger partial charge in [-0.2, -0.15) is 0 Å². The predicted octanol–water partition coefficient (Wildman–Crippen LogP) is 2.14. The van der Waals surface area contributed by atoms with Crippen LogP contribution in [0.5, 0.6) is 0 Å². The largest absolute Gasteiger partial charge is 0.379 e. The molecule has 1 aliphatic heterocycles. The number of hydrogen-bond acceptors (Lipinski definition) is 5. The van der Waals surface area contributed by atoms with Crippen LogP contribution in [0.4, 0.5) is 0 Å². The Labute approximate surface area is 124 Å². The fraction of sp³-hybridized carbons (Fsp3) is 0.571. The van der Waals surface area contributed by atoms with Crippen molar-refractivity contribution in [2.45, 2.75) is 18.2 Å². The van der Waals surface area contributed by atoms with Crippen LogP contribution in [0.1, 0.15) is 12.0 Å². The van der Waals surface area contributed by atoms with Gasteiger partial charge >= 0.3 is 0 Å². The topological polar surface area (TPSA) is 46.6 Å². The first kappa shape index (κ1) is 15.8. The lowest BCUT2D eigenvalue weighted by molar-refractivity contribution is 0.0381. The summed E-state index contributed by atoms with van der Waals surface area (Å²) in [6.45, 7) is 6.38. The normalized spacial score (nSPS) is 17.2. The minimum absolute atomic E-state index is 0.402. The highest BCUT2D eigenvalue weighted by atomic mass is 33.1. The molecule has 1 aromatic rings. The minimum atomic E-state index is -3.21. The van der Waals surface area contributed by atoms with Crippen LogP contribution in [0.25, 0.3) is 0 Å². The molecule has 0 bridgehead atoms. The molecule has 0 N–H and O–H groups in total. The fourth-order valence-electron chi connectivity index (χ4n) is 2.05. The van der Waals surface area contributed by atoms with Gasteiger partial charge in [-0.15, -0.1) is 0 Å². The lowest BCUT2D eigenvalue weighted by Crippen LogP contribution is -2.37. The maximum Gasteiger partial charge on any atom is 0.229 e. The number of ether oxygens (including phenoxy) is 1. The minimum Gasteiger partial charge on any atom is -0.379 e. The maximum absolute atomic E-state index is 12.1. The van der Waals surface area contributed by atoms with E-state index in [-0.39, 0.29) is 0 Å². The molecule has 0 spiro atoms. The molecule has 2 rings (SSSR count). The van der Waals surface area contributed by atoms with E-state index < -0.39 is 8.87 Å². The van der Waals surface area contributed by atoms with Crippen molar-refractivity contribution in [3.8, 4) is 0 Å². The van der Waals surface area contributed by atoms with Crippen LogP contribution < -0.4 is 0 Å². The lowest BCUT2D eigenvalue weighted by atomic mass is 10.2. The van der Waals surface area contributed by atoms with Crippen molar-refractivity contribution in [1.29, 1.82) is 0 Å². The van der Waals surface area contributed by atoms with Crippen molar-refractivity contribution in [2.75, 3.05) is 38.6 Å². The molecule has 0 unspecified atom stereocenters. The van der Waals surface area contributed by atoms with Crippen LogP contribution in [-0.2, 0) is 13.6 Å². The molecule has 0 radical (unpaired) electrons. The van der Waals surface area contributed by atoms with Crippen LogP contribution in [0.2, 0.25) is 0 Å². The molecule has 1 heterocycles. The van der Waals surface area contributed by atoms with Crippen LogP contribution in [-0.4, -0.2) is 51.9 Å². The molecule has 1 fully saturated rings. The second kappa shape index (κ2) is 7.45. The Balaban J connectivity index is 1.76. The number of aryl methyl sites for hydroxylation is 1. The van der Waals surface area contributed by atoms with E-state index in [1.165, 1.54) is 0 Å². The van der Waals surface area contributed by atoms with Crippen molar-refractivity contribution in [3.63, 3.8) is 0 Å². The molecule has 0 saturated carbocycles. The van der Waals surface area contributed by atoms with Gasteiger partial charge in [0.15, 0.2) is 0 Å². The SMILES string of the molecule is Cc1ccc(S(=O)(=O)SCCCN2CCOCC2)cc1. The lowest BCUT2D eigenvalue weighted by Gasteiger charge is -2.26. The summed E-state index contributed by atoms with van der Waals surface area (Å²) in [6, 6.07) is 7.03. The van der Waals surface area contributed by atoms with E-state index in [0.717, 1.165) is 55.6 Å². The zero-order chi connectivity index (χ0) is 14.4. The molecule has 1 aliphatic rings. The Kier molecular flexibility index (Phi) is 5.89. The molecule has 0 aliphatic carbocycles. The molecule has 6 heteroatoms. The zero-order valence-electron chi connectivity index (χ0n) is 11.7. The van der Waals surface area contributed by atoms with Crippen LogP contribution in [0.15, 0.2) is 29.2 Å². The molecule has 0 amide bonds. The number of nitrogens with zero attached hydrogens (tertiary/aromatic N) is 1. The van der Waals surface area contributed by atoms with Gasteiger partial charge in [0.1, 0.15) is 0 Å². The van der Waals surface area contributed by atoms with E-state index in [9.17, 15) is 8.42 Å². The summed E-state index contributed by atoms with van der Waals surface area (Å²) in [5.41, 5.74) is 1.07. The first-order chi connectivity index (χ1) is 9.58. The summed E-state index contributed by atoms with van der Waals surface area (Å²) >= 11 is 0. The van der Waals surface area contributed by atoms with Crippen molar-refractivity contribution in [2.24, 2.45) is 0 Å². The molecule has 0 atom stereocenters. The molecule has 20 heavy (non-hydrogen) atoms. The molecule has 4 nitrogen and oxygen atoms in total. The van der Waals surface area contributed by atoms with Crippen molar-refractivity contribution in [1.82, 2.24) is 4.90 Å². The van der Waals surface area contributed by atoms with E-state index >= 15 is 0 Å². The van der Waals surface area contributed by atoms with E-state index in [2.05, 4.69) is 4.90 Å². The third-order valence-corrected chi connectivity index (χ3v) is 6.89. The molecule has 1 saturated heterocycles. The van der Waals surface area contributed by atoms with E-state index in [1.807, 2.05) is 19.1 Å². The maximum atomic E-state index is 12.1. The van der Waals surface area contributed by atoms with Gasteiger partial charge in [0.05, 0.1) is 18.1 Å². The van der Waals surface area contributed by atoms with Gasteiger partial charge in [-0.25, -0.2) is 8.42 Å². The third-order valence-electron chi connectivity index (χ3n) is 3.27. The molecule has 112 valence electrons. The number of benzene rings is 1. The summed E-state index contributed by atoms with van der Waals surface area (Å²) < 4.78 is 29.5. The highest BCUT2D eigenvalue weighted by Gasteiger charge is 2.15. The summed E-state index contributed by atoms with van der Waals surface area (Å²) in [7, 11) is -2.17. The zero-order valence-corrected chi connectivity index (χ0v) is 13.4. The van der Waals surface area contributed by atoms with Gasteiger partial charge in [-0.1, -0.05) is 17.7 Å². The number of hydrogen-bond donors (Lipinski definition) is 0. The summed E-state index contributed by atoms with van der Waals surface area (Å²) in [5, 5.41) is 0. The van der Waals surface area contributed by atoms with Gasteiger partial charge in [0, 0.05) is 18.8 Å². The first-order valence-corrected chi connectivity index (χ1v) is 9.83. The molecular formula is C14H21NO3S2. The quantitative estimate of drug-likeness (QED) is 0.594. The van der Waals surface area contributed by atoms with Crippen molar-refractivity contribution in [3.05, 3.63) is 29.8 Å². The fourth-order valence-corrected chi connectivity index (χ4v) is 4.88. The van der Waals surface area contributed by atoms with E-state index in [1.54, 1.807) is 12.1 Å². The summed E-state index contributed by atoms with van der Waals surface area (Å²) in [5.74, 6) is 0.633.